The minimum Gasteiger partial charge on any atom is -0.497 e. The van der Waals surface area contributed by atoms with E-state index in [2.05, 4.69) is 46.0 Å². The zero-order valence-corrected chi connectivity index (χ0v) is 15.5. The van der Waals surface area contributed by atoms with Crippen LogP contribution in [0.4, 0.5) is 5.69 Å². The van der Waals surface area contributed by atoms with Crippen molar-refractivity contribution in [3.05, 3.63) is 71.8 Å². The maximum absolute atomic E-state index is 5.23. The topological polar surface area (TPSA) is 64.9 Å². The Morgan fingerprint density at radius 2 is 1.96 bits per heavy atom. The number of aromatic nitrogens is 4. The summed E-state index contributed by atoms with van der Waals surface area (Å²) in [5.41, 5.74) is 7.00. The monoisotopic (exact) mass is 369 g/mol. The molecule has 0 amide bonds. The summed E-state index contributed by atoms with van der Waals surface area (Å²) in [6.07, 6.45) is 4.27. The van der Waals surface area contributed by atoms with Gasteiger partial charge in [-0.1, -0.05) is 23.4 Å². The second-order valence-electron chi connectivity index (χ2n) is 6.72. The molecule has 6 heteroatoms. The summed E-state index contributed by atoms with van der Waals surface area (Å²) in [4.78, 5) is 4.82. The van der Waals surface area contributed by atoms with Gasteiger partial charge in [-0.2, -0.15) is 0 Å². The number of benzene rings is 2. The number of hydrogen-bond acceptors (Lipinski definition) is 5. The van der Waals surface area contributed by atoms with Crippen molar-refractivity contribution in [3.8, 4) is 17.0 Å². The van der Waals surface area contributed by atoms with Crippen LogP contribution in [0.3, 0.4) is 0 Å². The van der Waals surface area contributed by atoms with Crippen LogP contribution in [0.2, 0.25) is 0 Å². The number of fused-ring (bicyclic) bond motifs is 2. The van der Waals surface area contributed by atoms with Gasteiger partial charge in [0.2, 0.25) is 0 Å². The predicted molar refractivity (Wildman–Crippen MR) is 110 cm³/mol. The normalized spacial score (nSPS) is 12.6. The van der Waals surface area contributed by atoms with E-state index in [1.54, 1.807) is 7.11 Å². The first-order chi connectivity index (χ1) is 13.8. The van der Waals surface area contributed by atoms with Crippen molar-refractivity contribution in [3.63, 3.8) is 0 Å². The molecule has 0 spiro atoms. The van der Waals surface area contributed by atoms with Crippen molar-refractivity contribution in [1.82, 2.24) is 20.0 Å². The van der Waals surface area contributed by atoms with E-state index in [4.69, 9.17) is 9.72 Å². The molecule has 1 aliphatic rings. The van der Waals surface area contributed by atoms with E-state index in [1.807, 2.05) is 41.1 Å². The van der Waals surface area contributed by atoms with E-state index in [-0.39, 0.29) is 0 Å². The largest absolute Gasteiger partial charge is 0.497 e. The van der Waals surface area contributed by atoms with Gasteiger partial charge in [0.1, 0.15) is 11.3 Å². The Kier molecular flexibility index (Phi) is 4.01. The zero-order valence-electron chi connectivity index (χ0n) is 15.5. The Hall–Kier alpha value is -3.67. The van der Waals surface area contributed by atoms with Gasteiger partial charge in [0.15, 0.2) is 5.65 Å². The van der Waals surface area contributed by atoms with Crippen molar-refractivity contribution in [2.75, 3.05) is 19.0 Å². The van der Waals surface area contributed by atoms with E-state index < -0.39 is 0 Å². The van der Waals surface area contributed by atoms with E-state index >= 15 is 0 Å². The molecule has 0 bridgehead atoms. The van der Waals surface area contributed by atoms with Crippen LogP contribution >= 0.6 is 0 Å². The number of rotatable bonds is 4. The molecular weight excluding hydrogens is 350 g/mol. The van der Waals surface area contributed by atoms with Crippen LogP contribution in [0.15, 0.2) is 60.7 Å². The molecule has 0 unspecified atom stereocenters. The van der Waals surface area contributed by atoms with E-state index in [9.17, 15) is 0 Å². The fourth-order valence-corrected chi connectivity index (χ4v) is 3.42. The van der Waals surface area contributed by atoms with Crippen LogP contribution in [-0.2, 0) is 6.54 Å². The number of anilines is 1. The molecule has 1 N–H and O–H groups in total. The van der Waals surface area contributed by atoms with E-state index in [0.717, 1.165) is 46.0 Å². The van der Waals surface area contributed by atoms with Crippen LogP contribution in [0.1, 0.15) is 11.1 Å². The van der Waals surface area contributed by atoms with Gasteiger partial charge < -0.3 is 10.1 Å². The van der Waals surface area contributed by atoms with Gasteiger partial charge in [-0.05, 0) is 59.7 Å². The first kappa shape index (κ1) is 16.5. The van der Waals surface area contributed by atoms with Gasteiger partial charge in [0.25, 0.3) is 0 Å². The number of pyridine rings is 1. The Morgan fingerprint density at radius 3 is 2.82 bits per heavy atom. The molecule has 0 saturated carbocycles. The van der Waals surface area contributed by atoms with Crippen LogP contribution in [-0.4, -0.2) is 33.6 Å². The van der Waals surface area contributed by atoms with E-state index in [0.29, 0.717) is 6.54 Å². The summed E-state index contributed by atoms with van der Waals surface area (Å²) in [7, 11) is 1.66. The van der Waals surface area contributed by atoms with Crippen LogP contribution in [0.25, 0.3) is 28.5 Å². The van der Waals surface area contributed by atoms with Crippen LogP contribution in [0.5, 0.6) is 5.75 Å². The molecule has 138 valence electrons. The molecule has 2 aromatic carbocycles. The second-order valence-corrected chi connectivity index (χ2v) is 6.72. The molecule has 0 aliphatic carbocycles. The number of nitrogens with one attached hydrogen (secondary N) is 1. The molecule has 5 rings (SSSR count). The molecule has 0 saturated heterocycles. The third-order valence-electron chi connectivity index (χ3n) is 4.90. The average Bonchev–Trinajstić information content (AvgIpc) is 3.16. The third kappa shape index (κ3) is 2.99. The fourth-order valence-electron chi connectivity index (χ4n) is 3.42. The highest BCUT2D eigenvalue weighted by atomic mass is 16.5. The summed E-state index contributed by atoms with van der Waals surface area (Å²) in [6, 6.07) is 18.2. The molecule has 0 atom stereocenters. The van der Waals surface area contributed by atoms with Crippen molar-refractivity contribution in [2.24, 2.45) is 0 Å². The lowest BCUT2D eigenvalue weighted by Crippen LogP contribution is -2.07. The molecule has 4 aromatic rings. The van der Waals surface area contributed by atoms with Gasteiger partial charge in [-0.25, -0.2) is 9.67 Å². The molecular formula is C22H19N5O. The highest BCUT2D eigenvalue weighted by Crippen LogP contribution is 2.25. The number of nitrogens with zero attached hydrogens (tertiary/aromatic N) is 4. The Labute approximate surface area is 162 Å². The summed E-state index contributed by atoms with van der Waals surface area (Å²) in [5, 5.41) is 12.0. The van der Waals surface area contributed by atoms with Gasteiger partial charge >= 0.3 is 0 Å². The molecule has 0 fully saturated rings. The van der Waals surface area contributed by atoms with Crippen LogP contribution < -0.4 is 10.1 Å². The quantitative estimate of drug-likeness (QED) is 0.589. The highest BCUT2D eigenvalue weighted by Gasteiger charge is 2.11. The molecule has 1 aliphatic heterocycles. The molecule has 2 aromatic heterocycles. The molecule has 28 heavy (non-hydrogen) atoms. The van der Waals surface area contributed by atoms with Gasteiger partial charge in [-0.3, -0.25) is 0 Å². The Morgan fingerprint density at radius 1 is 1.07 bits per heavy atom. The Bertz CT molecular complexity index is 1180. The molecule has 3 heterocycles. The standard InChI is InChI=1S/C22H19N5O/c1-28-18-7-5-16(6-8-18)20-10-11-21-22(24-20)27(26-25-21)14-15-4-9-19-17(13-15)3-2-12-23-19/h2-11,13,23H,12,14H2,1H3. The summed E-state index contributed by atoms with van der Waals surface area (Å²) >= 11 is 0. The van der Waals surface area contributed by atoms with Gasteiger partial charge in [0.05, 0.1) is 19.3 Å². The maximum atomic E-state index is 5.23. The second kappa shape index (κ2) is 6.81. The lowest BCUT2D eigenvalue weighted by molar-refractivity contribution is 0.415. The third-order valence-corrected chi connectivity index (χ3v) is 4.90. The first-order valence-electron chi connectivity index (χ1n) is 9.18. The predicted octanol–water partition coefficient (Wildman–Crippen LogP) is 3.99. The average molecular weight is 369 g/mol. The van der Waals surface area contributed by atoms with Crippen molar-refractivity contribution >= 4 is 22.9 Å². The van der Waals surface area contributed by atoms with Crippen molar-refractivity contribution < 1.29 is 4.74 Å². The Balaban J connectivity index is 1.49. The smallest absolute Gasteiger partial charge is 0.179 e. The maximum Gasteiger partial charge on any atom is 0.179 e. The minimum absolute atomic E-state index is 0.622. The van der Waals surface area contributed by atoms with E-state index in [1.165, 1.54) is 5.56 Å². The number of methoxy groups -OCH3 is 1. The summed E-state index contributed by atoms with van der Waals surface area (Å²) < 4.78 is 7.09. The van der Waals surface area contributed by atoms with Crippen LogP contribution in [0, 0.1) is 0 Å². The lowest BCUT2D eigenvalue weighted by Gasteiger charge is -2.14. The van der Waals surface area contributed by atoms with Crippen molar-refractivity contribution in [1.29, 1.82) is 0 Å². The first-order valence-corrected chi connectivity index (χ1v) is 9.18. The highest BCUT2D eigenvalue weighted by molar-refractivity contribution is 5.75. The van der Waals surface area contributed by atoms with Crippen molar-refractivity contribution in [2.45, 2.75) is 6.54 Å². The van der Waals surface area contributed by atoms with Gasteiger partial charge in [0, 0.05) is 17.8 Å². The minimum atomic E-state index is 0.622. The molecule has 0 radical (unpaired) electrons. The summed E-state index contributed by atoms with van der Waals surface area (Å²) in [5.74, 6) is 0.826. The summed E-state index contributed by atoms with van der Waals surface area (Å²) in [6.45, 7) is 1.49. The lowest BCUT2D eigenvalue weighted by atomic mass is 10.1. The zero-order chi connectivity index (χ0) is 18.9. The number of ether oxygens (including phenoxy) is 1. The number of hydrogen-bond donors (Lipinski definition) is 1. The van der Waals surface area contributed by atoms with Gasteiger partial charge in [-0.15, -0.1) is 5.10 Å². The SMILES string of the molecule is COc1ccc(-c2ccc3nnn(Cc4ccc5c(c4)C=CCN5)c3n2)cc1. The fraction of sp³-hybridized carbons (Fsp3) is 0.136. The molecule has 6 nitrogen and oxygen atoms in total.